The average molecular weight is 322 g/mol. The number of rotatable bonds is 4. The molecule has 1 aliphatic heterocycles. The summed E-state index contributed by atoms with van der Waals surface area (Å²) in [4.78, 5) is 10.9. The Labute approximate surface area is 134 Å². The lowest BCUT2D eigenvalue weighted by Crippen LogP contribution is -2.37. The van der Waals surface area contributed by atoms with E-state index >= 15 is 0 Å². The second-order valence-electron chi connectivity index (χ2n) is 5.66. The van der Waals surface area contributed by atoms with E-state index in [1.807, 2.05) is 6.07 Å². The van der Waals surface area contributed by atoms with Crippen molar-refractivity contribution in [1.82, 2.24) is 9.97 Å². The maximum atomic E-state index is 10.4. The molecule has 1 saturated heterocycles. The second-order valence-corrected chi connectivity index (χ2v) is 6.10. The summed E-state index contributed by atoms with van der Waals surface area (Å²) >= 11 is 5.88. The highest BCUT2D eigenvalue weighted by Gasteiger charge is 2.26. The highest BCUT2D eigenvalue weighted by molar-refractivity contribution is 6.30. The van der Waals surface area contributed by atoms with Gasteiger partial charge in [0.05, 0.1) is 23.7 Å². The minimum atomic E-state index is -0.604. The van der Waals surface area contributed by atoms with Crippen molar-refractivity contribution in [2.24, 2.45) is 0 Å². The first-order chi connectivity index (χ1) is 10.7. The molecule has 0 unspecified atom stereocenters. The van der Waals surface area contributed by atoms with Crippen LogP contribution in [0, 0.1) is 0 Å². The zero-order valence-electron chi connectivity index (χ0n) is 12.4. The predicted molar refractivity (Wildman–Crippen MR) is 84.9 cm³/mol. The van der Waals surface area contributed by atoms with Crippen LogP contribution in [-0.4, -0.2) is 27.7 Å². The van der Waals surface area contributed by atoms with Crippen molar-refractivity contribution in [2.75, 3.05) is 11.4 Å². The van der Waals surface area contributed by atoms with Crippen molar-refractivity contribution in [3.63, 3.8) is 0 Å². The molecule has 0 bridgehead atoms. The van der Waals surface area contributed by atoms with Crippen LogP contribution in [0.3, 0.4) is 0 Å². The van der Waals surface area contributed by atoms with Gasteiger partial charge in [0.2, 0.25) is 5.95 Å². The quantitative estimate of drug-likeness (QED) is 0.932. The first-order valence-electron chi connectivity index (χ1n) is 7.69. The molecule has 2 atom stereocenters. The van der Waals surface area contributed by atoms with E-state index in [9.17, 15) is 5.11 Å². The van der Waals surface area contributed by atoms with Crippen LogP contribution < -0.4 is 4.90 Å². The fourth-order valence-electron chi connectivity index (χ4n) is 2.99. The van der Waals surface area contributed by atoms with Gasteiger partial charge in [-0.15, -0.1) is 0 Å². The maximum Gasteiger partial charge on any atom is 0.225 e. The summed E-state index contributed by atoms with van der Waals surface area (Å²) < 4.78 is 5.31. The lowest BCUT2D eigenvalue weighted by Gasteiger charge is -2.31. The molecular weight excluding hydrogens is 302 g/mol. The van der Waals surface area contributed by atoms with Gasteiger partial charge in [-0.05, 0) is 25.0 Å². The lowest BCUT2D eigenvalue weighted by molar-refractivity contribution is 0.129. The van der Waals surface area contributed by atoms with Crippen molar-refractivity contribution in [3.8, 4) is 0 Å². The first kappa shape index (κ1) is 15.3. The average Bonchev–Trinajstić information content (AvgIpc) is 2.97. The molecule has 0 saturated carbocycles. The van der Waals surface area contributed by atoms with Crippen LogP contribution in [0.1, 0.15) is 44.0 Å². The Hall–Kier alpha value is -1.59. The van der Waals surface area contributed by atoms with Crippen LogP contribution in [0.5, 0.6) is 0 Å². The monoisotopic (exact) mass is 321 g/mol. The van der Waals surface area contributed by atoms with E-state index in [2.05, 4.69) is 14.9 Å². The number of anilines is 1. The van der Waals surface area contributed by atoms with Crippen molar-refractivity contribution >= 4 is 17.5 Å². The molecular formula is C16H20ClN3O2. The molecule has 6 heteroatoms. The molecule has 22 heavy (non-hydrogen) atoms. The van der Waals surface area contributed by atoms with E-state index in [-0.39, 0.29) is 6.04 Å². The van der Waals surface area contributed by atoms with E-state index in [1.54, 1.807) is 24.7 Å². The topological polar surface area (TPSA) is 62.4 Å². The molecule has 0 radical (unpaired) electrons. The summed E-state index contributed by atoms with van der Waals surface area (Å²) in [5.41, 5.74) is 0. The Kier molecular flexibility index (Phi) is 4.95. The standard InChI is InChI=1S/C16H20ClN3O2/c17-12-10-18-16(19-11-12)20-7-3-1-2-5-13(20)9-14(21)15-6-4-8-22-15/h4,6,8,10-11,13-14,21H,1-3,5,7,9H2/t13-,14-/m1/s1. The van der Waals surface area contributed by atoms with Gasteiger partial charge in [0.1, 0.15) is 11.9 Å². The molecule has 3 heterocycles. The second kappa shape index (κ2) is 7.11. The third-order valence-electron chi connectivity index (χ3n) is 4.11. The number of aliphatic hydroxyl groups is 1. The SMILES string of the molecule is O[C@H](C[C@H]1CCCCCN1c1ncc(Cl)cn1)c1ccco1. The van der Waals surface area contributed by atoms with E-state index in [4.69, 9.17) is 16.0 Å². The molecule has 0 aromatic carbocycles. The van der Waals surface area contributed by atoms with Crippen LogP contribution in [0.25, 0.3) is 0 Å². The van der Waals surface area contributed by atoms with Gasteiger partial charge in [-0.1, -0.05) is 24.4 Å². The molecule has 0 aliphatic carbocycles. The zero-order valence-corrected chi connectivity index (χ0v) is 13.1. The lowest BCUT2D eigenvalue weighted by atomic mass is 10.0. The van der Waals surface area contributed by atoms with Gasteiger partial charge >= 0.3 is 0 Å². The molecule has 118 valence electrons. The Balaban J connectivity index is 1.77. The number of aliphatic hydroxyl groups excluding tert-OH is 1. The van der Waals surface area contributed by atoms with E-state index in [0.29, 0.717) is 23.2 Å². The van der Waals surface area contributed by atoms with Gasteiger partial charge in [-0.3, -0.25) is 0 Å². The van der Waals surface area contributed by atoms with Gasteiger partial charge < -0.3 is 14.4 Å². The molecule has 2 aromatic rings. The van der Waals surface area contributed by atoms with Gasteiger partial charge in [-0.25, -0.2) is 9.97 Å². The zero-order chi connectivity index (χ0) is 15.4. The highest BCUT2D eigenvalue weighted by atomic mass is 35.5. The van der Waals surface area contributed by atoms with Crippen LogP contribution >= 0.6 is 11.6 Å². The number of halogens is 1. The van der Waals surface area contributed by atoms with Crippen LogP contribution in [0.4, 0.5) is 5.95 Å². The Morgan fingerprint density at radius 1 is 1.32 bits per heavy atom. The number of aromatic nitrogens is 2. The van der Waals surface area contributed by atoms with Gasteiger partial charge in [0, 0.05) is 19.0 Å². The van der Waals surface area contributed by atoms with Gasteiger partial charge in [-0.2, -0.15) is 0 Å². The molecule has 1 fully saturated rings. The number of hydrogen-bond donors (Lipinski definition) is 1. The third kappa shape index (κ3) is 3.59. The van der Waals surface area contributed by atoms with Gasteiger partial charge in [0.15, 0.2) is 0 Å². The molecule has 3 rings (SSSR count). The van der Waals surface area contributed by atoms with Crippen LogP contribution in [0.2, 0.25) is 5.02 Å². The first-order valence-corrected chi connectivity index (χ1v) is 8.07. The van der Waals surface area contributed by atoms with E-state index in [1.165, 1.54) is 6.42 Å². The minimum Gasteiger partial charge on any atom is -0.467 e. The minimum absolute atomic E-state index is 0.198. The highest BCUT2D eigenvalue weighted by Crippen LogP contribution is 2.28. The third-order valence-corrected chi connectivity index (χ3v) is 4.30. The summed E-state index contributed by atoms with van der Waals surface area (Å²) in [6, 6.07) is 3.81. The largest absolute Gasteiger partial charge is 0.467 e. The molecule has 5 nitrogen and oxygen atoms in total. The fourth-order valence-corrected chi connectivity index (χ4v) is 3.09. The predicted octanol–water partition coefficient (Wildman–Crippen LogP) is 3.60. The fraction of sp³-hybridized carbons (Fsp3) is 0.500. The summed E-state index contributed by atoms with van der Waals surface area (Å²) in [6.45, 7) is 0.900. The van der Waals surface area contributed by atoms with Gasteiger partial charge in [0.25, 0.3) is 0 Å². The van der Waals surface area contributed by atoms with E-state index in [0.717, 1.165) is 25.8 Å². The molecule has 2 aromatic heterocycles. The van der Waals surface area contributed by atoms with E-state index < -0.39 is 6.10 Å². The Morgan fingerprint density at radius 2 is 2.14 bits per heavy atom. The van der Waals surface area contributed by atoms with Crippen molar-refractivity contribution in [2.45, 2.75) is 44.2 Å². The van der Waals surface area contributed by atoms with Crippen molar-refractivity contribution in [3.05, 3.63) is 41.6 Å². The number of hydrogen-bond acceptors (Lipinski definition) is 5. The Morgan fingerprint density at radius 3 is 2.86 bits per heavy atom. The summed E-state index contributed by atoms with van der Waals surface area (Å²) in [7, 11) is 0. The summed E-state index contributed by atoms with van der Waals surface area (Å²) in [5, 5.41) is 10.9. The molecule has 0 spiro atoms. The normalized spacial score (nSPS) is 20.6. The number of furan rings is 1. The molecule has 1 aliphatic rings. The van der Waals surface area contributed by atoms with Crippen molar-refractivity contribution in [1.29, 1.82) is 0 Å². The summed E-state index contributed by atoms with van der Waals surface area (Å²) in [5.74, 6) is 1.30. The molecule has 0 amide bonds. The smallest absolute Gasteiger partial charge is 0.225 e. The number of nitrogens with zero attached hydrogens (tertiary/aromatic N) is 3. The molecule has 1 N–H and O–H groups in total. The van der Waals surface area contributed by atoms with Crippen LogP contribution in [-0.2, 0) is 0 Å². The van der Waals surface area contributed by atoms with Crippen LogP contribution in [0.15, 0.2) is 35.2 Å². The van der Waals surface area contributed by atoms with Crippen molar-refractivity contribution < 1.29 is 9.52 Å². The summed E-state index contributed by atoms with van der Waals surface area (Å²) in [6.07, 6.45) is 9.31. The maximum absolute atomic E-state index is 10.4. The Bertz CT molecular complexity index is 574.